The van der Waals surface area contributed by atoms with E-state index in [0.29, 0.717) is 18.5 Å². The number of sulfone groups is 1. The van der Waals surface area contributed by atoms with Crippen LogP contribution in [0, 0.1) is 12.3 Å². The van der Waals surface area contributed by atoms with Gasteiger partial charge in [-0.3, -0.25) is 15.0 Å². The lowest BCUT2D eigenvalue weighted by atomic mass is 9.79. The standard InChI is InChI=1S/C17H22N2O4S/c1-12-4-6-15(7-5-12)24(22,23)11-16(21)19-18-13-8-14(20)10-17(2,3)9-13/h4-8,18H,9-11H2,1-3H3,(H,19,21). The van der Waals surface area contributed by atoms with E-state index in [4.69, 9.17) is 0 Å². The van der Waals surface area contributed by atoms with Gasteiger partial charge in [-0.25, -0.2) is 8.42 Å². The zero-order valence-electron chi connectivity index (χ0n) is 14.0. The lowest BCUT2D eigenvalue weighted by Crippen LogP contribution is -2.42. The van der Waals surface area contributed by atoms with Gasteiger partial charge in [0.2, 0.25) is 0 Å². The van der Waals surface area contributed by atoms with E-state index in [1.807, 2.05) is 20.8 Å². The smallest absolute Gasteiger partial charge is 0.253 e. The second kappa shape index (κ2) is 6.76. The Morgan fingerprint density at radius 1 is 1.17 bits per heavy atom. The maximum absolute atomic E-state index is 12.2. The van der Waals surface area contributed by atoms with Gasteiger partial charge in [0, 0.05) is 18.2 Å². The quantitative estimate of drug-likeness (QED) is 0.788. The highest BCUT2D eigenvalue weighted by Gasteiger charge is 2.28. The summed E-state index contributed by atoms with van der Waals surface area (Å²) in [5, 5.41) is 0. The molecule has 0 aromatic heterocycles. The van der Waals surface area contributed by atoms with Crippen molar-refractivity contribution in [3.63, 3.8) is 0 Å². The van der Waals surface area contributed by atoms with E-state index < -0.39 is 21.5 Å². The third-order valence-corrected chi connectivity index (χ3v) is 5.35. The highest BCUT2D eigenvalue weighted by atomic mass is 32.2. The van der Waals surface area contributed by atoms with Crippen LogP contribution in [-0.2, 0) is 19.4 Å². The van der Waals surface area contributed by atoms with Crippen LogP contribution in [0.3, 0.4) is 0 Å². The van der Waals surface area contributed by atoms with Crippen molar-refractivity contribution in [2.75, 3.05) is 5.75 Å². The molecule has 0 unspecified atom stereocenters. The summed E-state index contributed by atoms with van der Waals surface area (Å²) in [7, 11) is -3.70. The molecule has 0 atom stereocenters. The first-order valence-corrected chi connectivity index (χ1v) is 9.30. The molecule has 1 aromatic carbocycles. The van der Waals surface area contributed by atoms with Crippen molar-refractivity contribution in [3.05, 3.63) is 41.6 Å². The Bertz CT molecular complexity index is 777. The number of carbonyl (C=O) groups excluding carboxylic acids is 2. The van der Waals surface area contributed by atoms with E-state index >= 15 is 0 Å². The molecule has 1 aliphatic carbocycles. The summed E-state index contributed by atoms with van der Waals surface area (Å²) in [6, 6.07) is 6.33. The van der Waals surface area contributed by atoms with Crippen LogP contribution in [0.25, 0.3) is 0 Å². The number of carbonyl (C=O) groups is 2. The number of hydrogen-bond acceptors (Lipinski definition) is 5. The molecule has 0 aliphatic heterocycles. The fraction of sp³-hybridized carbons (Fsp3) is 0.412. The highest BCUT2D eigenvalue weighted by molar-refractivity contribution is 7.92. The maximum Gasteiger partial charge on any atom is 0.253 e. The Morgan fingerprint density at radius 3 is 2.38 bits per heavy atom. The molecule has 1 amide bonds. The SMILES string of the molecule is Cc1ccc(S(=O)(=O)CC(=O)NNC2=CC(=O)CC(C)(C)C2)cc1. The minimum Gasteiger partial charge on any atom is -0.303 e. The zero-order chi connectivity index (χ0) is 18.0. The van der Waals surface area contributed by atoms with Crippen LogP contribution in [0.1, 0.15) is 32.3 Å². The molecule has 0 heterocycles. The molecule has 0 spiro atoms. The Morgan fingerprint density at radius 2 is 1.79 bits per heavy atom. The summed E-state index contributed by atoms with van der Waals surface area (Å²) in [5.41, 5.74) is 6.36. The zero-order valence-corrected chi connectivity index (χ0v) is 14.9. The van der Waals surface area contributed by atoms with Crippen molar-refractivity contribution in [1.29, 1.82) is 0 Å². The Kier molecular flexibility index (Phi) is 5.13. The van der Waals surface area contributed by atoms with Gasteiger partial charge in [-0.1, -0.05) is 31.5 Å². The lowest BCUT2D eigenvalue weighted by molar-refractivity contribution is -0.120. The van der Waals surface area contributed by atoms with Crippen LogP contribution in [0.2, 0.25) is 0 Å². The van der Waals surface area contributed by atoms with Gasteiger partial charge >= 0.3 is 0 Å². The molecule has 0 fully saturated rings. The number of hydrogen-bond donors (Lipinski definition) is 2. The van der Waals surface area contributed by atoms with Gasteiger partial charge in [0.05, 0.1) is 4.90 Å². The largest absolute Gasteiger partial charge is 0.303 e. The Hall–Kier alpha value is -2.15. The van der Waals surface area contributed by atoms with Crippen LogP contribution in [0.5, 0.6) is 0 Å². The van der Waals surface area contributed by atoms with E-state index in [2.05, 4.69) is 10.9 Å². The maximum atomic E-state index is 12.2. The third kappa shape index (κ3) is 4.92. The average Bonchev–Trinajstić information content (AvgIpc) is 2.43. The summed E-state index contributed by atoms with van der Waals surface area (Å²) < 4.78 is 24.4. The fourth-order valence-electron chi connectivity index (χ4n) is 2.61. The number of aryl methyl sites for hydroxylation is 1. The molecule has 6 nitrogen and oxygen atoms in total. The number of hydrazine groups is 1. The van der Waals surface area contributed by atoms with Crippen molar-refractivity contribution in [3.8, 4) is 0 Å². The molecule has 0 saturated heterocycles. The van der Waals surface area contributed by atoms with E-state index in [9.17, 15) is 18.0 Å². The van der Waals surface area contributed by atoms with Crippen LogP contribution in [0.15, 0.2) is 40.9 Å². The highest BCUT2D eigenvalue weighted by Crippen LogP contribution is 2.32. The fourth-order valence-corrected chi connectivity index (χ4v) is 3.75. The summed E-state index contributed by atoms with van der Waals surface area (Å²) in [5.74, 6) is -1.35. The minimum atomic E-state index is -3.70. The summed E-state index contributed by atoms with van der Waals surface area (Å²) in [6.45, 7) is 5.78. The monoisotopic (exact) mass is 350 g/mol. The Balaban J connectivity index is 1.96. The van der Waals surface area contributed by atoms with Crippen molar-refractivity contribution in [2.24, 2.45) is 5.41 Å². The lowest BCUT2D eigenvalue weighted by Gasteiger charge is -2.29. The minimum absolute atomic E-state index is 0.0183. The number of allylic oxidation sites excluding steroid dienone is 2. The number of nitrogens with one attached hydrogen (secondary N) is 2. The molecular weight excluding hydrogens is 328 g/mol. The van der Waals surface area contributed by atoms with Crippen LogP contribution in [-0.4, -0.2) is 25.9 Å². The molecule has 1 aliphatic rings. The number of benzene rings is 1. The third-order valence-electron chi connectivity index (χ3n) is 3.72. The van der Waals surface area contributed by atoms with E-state index in [0.717, 1.165) is 5.56 Å². The van der Waals surface area contributed by atoms with Crippen molar-refractivity contribution in [1.82, 2.24) is 10.9 Å². The molecule has 1 aromatic rings. The van der Waals surface area contributed by atoms with Gasteiger partial charge in [-0.15, -0.1) is 0 Å². The van der Waals surface area contributed by atoms with E-state index in [-0.39, 0.29) is 16.1 Å². The van der Waals surface area contributed by atoms with Crippen molar-refractivity contribution in [2.45, 2.75) is 38.5 Å². The first-order chi connectivity index (χ1) is 11.1. The predicted octanol–water partition coefficient (Wildman–Crippen LogP) is 1.66. The van der Waals surface area contributed by atoms with E-state index in [1.54, 1.807) is 12.1 Å². The predicted molar refractivity (Wildman–Crippen MR) is 90.6 cm³/mol. The van der Waals surface area contributed by atoms with Gasteiger partial charge < -0.3 is 5.43 Å². The molecular formula is C17H22N2O4S. The first kappa shape index (κ1) is 18.2. The van der Waals surface area contributed by atoms with Crippen LogP contribution < -0.4 is 10.9 Å². The number of amides is 1. The van der Waals surface area contributed by atoms with Gasteiger partial charge in [0.1, 0.15) is 5.75 Å². The molecule has 2 N–H and O–H groups in total. The summed E-state index contributed by atoms with van der Waals surface area (Å²) in [4.78, 5) is 23.7. The Labute approximate surface area is 142 Å². The second-order valence-corrected chi connectivity index (χ2v) is 8.89. The first-order valence-electron chi connectivity index (χ1n) is 7.65. The normalized spacial score (nSPS) is 17.1. The number of ketones is 1. The average molecular weight is 350 g/mol. The topological polar surface area (TPSA) is 92.3 Å². The van der Waals surface area contributed by atoms with Crippen molar-refractivity contribution < 1.29 is 18.0 Å². The molecule has 7 heteroatoms. The second-order valence-electron chi connectivity index (χ2n) is 6.90. The summed E-state index contributed by atoms with van der Waals surface area (Å²) in [6.07, 6.45) is 2.50. The van der Waals surface area contributed by atoms with Gasteiger partial charge in [0.25, 0.3) is 5.91 Å². The van der Waals surface area contributed by atoms with Crippen LogP contribution >= 0.6 is 0 Å². The van der Waals surface area contributed by atoms with Crippen LogP contribution in [0.4, 0.5) is 0 Å². The number of rotatable bonds is 5. The summed E-state index contributed by atoms with van der Waals surface area (Å²) >= 11 is 0. The molecule has 2 rings (SSSR count). The van der Waals surface area contributed by atoms with E-state index in [1.165, 1.54) is 18.2 Å². The molecule has 0 radical (unpaired) electrons. The van der Waals surface area contributed by atoms with Crippen molar-refractivity contribution >= 4 is 21.5 Å². The molecule has 130 valence electrons. The van der Waals surface area contributed by atoms with Gasteiger partial charge in [-0.05, 0) is 30.9 Å². The molecule has 24 heavy (non-hydrogen) atoms. The molecule has 0 bridgehead atoms. The van der Waals surface area contributed by atoms with Gasteiger partial charge in [0.15, 0.2) is 15.6 Å². The van der Waals surface area contributed by atoms with Gasteiger partial charge in [-0.2, -0.15) is 0 Å². The molecule has 0 saturated carbocycles.